The Balaban J connectivity index is 1.44. The zero-order valence-corrected chi connectivity index (χ0v) is 15.2. The minimum atomic E-state index is -0.601. The Morgan fingerprint density at radius 3 is 2.44 bits per heavy atom. The first-order valence-electron chi connectivity index (χ1n) is 9.00. The number of hydrogen-bond acceptors (Lipinski definition) is 3. The SMILES string of the molecule is CN(Cc1ccccc1)C(=O)OC1Cc2cccc(-c3ccccc3)c2O1. The second kappa shape index (κ2) is 7.54. The smallest absolute Gasteiger partial charge is 0.412 e. The molecule has 1 heterocycles. The van der Waals surface area contributed by atoms with Gasteiger partial charge >= 0.3 is 6.09 Å². The Bertz CT molecular complexity index is 925. The summed E-state index contributed by atoms with van der Waals surface area (Å²) in [5.41, 5.74) is 4.21. The standard InChI is InChI=1S/C23H21NO3/c1-24(16-17-9-4-2-5-10-17)23(25)27-21-15-19-13-8-14-20(22(19)26-21)18-11-6-3-7-12-18/h2-14,21H,15-16H2,1H3. The van der Waals surface area contributed by atoms with E-state index in [2.05, 4.69) is 0 Å². The molecule has 0 aromatic heterocycles. The van der Waals surface area contributed by atoms with Crippen molar-refractivity contribution in [1.29, 1.82) is 0 Å². The summed E-state index contributed by atoms with van der Waals surface area (Å²) in [6, 6.07) is 26.0. The summed E-state index contributed by atoms with van der Waals surface area (Å²) in [5.74, 6) is 0.798. The Hall–Kier alpha value is -3.27. The van der Waals surface area contributed by atoms with Crippen molar-refractivity contribution in [2.75, 3.05) is 7.05 Å². The molecule has 1 amide bonds. The van der Waals surface area contributed by atoms with Gasteiger partial charge in [0.25, 0.3) is 0 Å². The maximum atomic E-state index is 12.4. The molecule has 3 aromatic carbocycles. The molecule has 0 N–H and O–H groups in total. The van der Waals surface area contributed by atoms with Crippen LogP contribution in [0.5, 0.6) is 5.75 Å². The van der Waals surface area contributed by atoms with Crippen LogP contribution in [0.15, 0.2) is 78.9 Å². The quantitative estimate of drug-likeness (QED) is 0.666. The van der Waals surface area contributed by atoms with E-state index < -0.39 is 12.4 Å². The normalized spacial score (nSPS) is 14.9. The number of benzene rings is 3. The van der Waals surface area contributed by atoms with Gasteiger partial charge in [-0.25, -0.2) is 4.79 Å². The van der Waals surface area contributed by atoms with Gasteiger partial charge in [0, 0.05) is 24.7 Å². The third-order valence-corrected chi connectivity index (χ3v) is 4.62. The summed E-state index contributed by atoms with van der Waals surface area (Å²) in [6.45, 7) is 0.495. The number of para-hydroxylation sites is 1. The van der Waals surface area contributed by atoms with E-state index in [4.69, 9.17) is 9.47 Å². The van der Waals surface area contributed by atoms with Crippen LogP contribution in [-0.2, 0) is 17.7 Å². The number of amides is 1. The molecule has 27 heavy (non-hydrogen) atoms. The third kappa shape index (κ3) is 3.80. The highest BCUT2D eigenvalue weighted by atomic mass is 16.7. The molecule has 1 atom stereocenters. The predicted molar refractivity (Wildman–Crippen MR) is 104 cm³/mol. The molecule has 1 unspecified atom stereocenters. The van der Waals surface area contributed by atoms with Crippen molar-refractivity contribution in [2.45, 2.75) is 19.3 Å². The average Bonchev–Trinajstić information content (AvgIpc) is 3.11. The second-order valence-corrected chi connectivity index (χ2v) is 6.64. The molecule has 0 aliphatic carbocycles. The molecule has 4 rings (SSSR count). The van der Waals surface area contributed by atoms with Crippen LogP contribution in [-0.4, -0.2) is 24.3 Å². The first-order valence-corrected chi connectivity index (χ1v) is 9.00. The minimum absolute atomic E-state index is 0.391. The number of carbonyl (C=O) groups is 1. The summed E-state index contributed by atoms with van der Waals surface area (Å²) < 4.78 is 11.6. The highest BCUT2D eigenvalue weighted by molar-refractivity contribution is 5.73. The molecule has 0 saturated heterocycles. The largest absolute Gasteiger partial charge is 0.453 e. The molecule has 4 nitrogen and oxygen atoms in total. The number of hydrogen-bond donors (Lipinski definition) is 0. The maximum Gasteiger partial charge on any atom is 0.412 e. The van der Waals surface area contributed by atoms with Crippen molar-refractivity contribution in [3.63, 3.8) is 0 Å². The van der Waals surface area contributed by atoms with Gasteiger partial charge in [0.1, 0.15) is 5.75 Å². The van der Waals surface area contributed by atoms with Crippen molar-refractivity contribution in [3.8, 4) is 16.9 Å². The summed E-state index contributed by atoms with van der Waals surface area (Å²) in [5, 5.41) is 0. The molecule has 3 aromatic rings. The molecule has 136 valence electrons. The lowest BCUT2D eigenvalue weighted by atomic mass is 10.0. The van der Waals surface area contributed by atoms with Crippen molar-refractivity contribution in [3.05, 3.63) is 90.0 Å². The van der Waals surface area contributed by atoms with Crippen LogP contribution in [0.2, 0.25) is 0 Å². The molecule has 1 aliphatic heterocycles. The van der Waals surface area contributed by atoms with Gasteiger partial charge in [0.05, 0.1) is 6.42 Å². The molecule has 0 radical (unpaired) electrons. The van der Waals surface area contributed by atoms with Gasteiger partial charge in [-0.1, -0.05) is 78.9 Å². The zero-order chi connectivity index (χ0) is 18.6. The van der Waals surface area contributed by atoms with Gasteiger partial charge in [-0.15, -0.1) is 0 Å². The van der Waals surface area contributed by atoms with Gasteiger partial charge in [-0.2, -0.15) is 0 Å². The van der Waals surface area contributed by atoms with E-state index in [1.54, 1.807) is 11.9 Å². The number of ether oxygens (including phenoxy) is 2. The molecular formula is C23H21NO3. The number of rotatable bonds is 4. The number of fused-ring (bicyclic) bond motifs is 1. The summed E-state index contributed by atoms with van der Waals surface area (Å²) in [4.78, 5) is 14.0. The van der Waals surface area contributed by atoms with Crippen LogP contribution in [0.1, 0.15) is 11.1 Å². The van der Waals surface area contributed by atoms with Crippen LogP contribution in [0.3, 0.4) is 0 Å². The van der Waals surface area contributed by atoms with Crippen LogP contribution in [0, 0.1) is 0 Å². The summed E-state index contributed by atoms with van der Waals surface area (Å²) >= 11 is 0. The van der Waals surface area contributed by atoms with Gasteiger partial charge < -0.3 is 14.4 Å². The second-order valence-electron chi connectivity index (χ2n) is 6.64. The summed E-state index contributed by atoms with van der Waals surface area (Å²) in [7, 11) is 1.73. The first kappa shape index (κ1) is 17.2. The molecular weight excluding hydrogens is 338 g/mol. The topological polar surface area (TPSA) is 38.8 Å². The Morgan fingerprint density at radius 2 is 1.70 bits per heavy atom. The highest BCUT2D eigenvalue weighted by Crippen LogP contribution is 2.39. The van der Waals surface area contributed by atoms with Gasteiger partial charge in [-0.3, -0.25) is 0 Å². The van der Waals surface area contributed by atoms with Gasteiger partial charge in [0.2, 0.25) is 6.29 Å². The summed E-state index contributed by atoms with van der Waals surface area (Å²) in [6.07, 6.45) is -0.436. The van der Waals surface area contributed by atoms with Crippen LogP contribution >= 0.6 is 0 Å². The van der Waals surface area contributed by atoms with Crippen LogP contribution in [0.4, 0.5) is 4.79 Å². The van der Waals surface area contributed by atoms with E-state index in [0.29, 0.717) is 13.0 Å². The fourth-order valence-electron chi connectivity index (χ4n) is 3.27. The van der Waals surface area contributed by atoms with E-state index in [1.165, 1.54) is 0 Å². The van der Waals surface area contributed by atoms with E-state index in [1.807, 2.05) is 78.9 Å². The lowest BCUT2D eigenvalue weighted by Gasteiger charge is -2.20. The Morgan fingerprint density at radius 1 is 1.00 bits per heavy atom. The number of carbonyl (C=O) groups excluding carboxylic acids is 1. The lowest BCUT2D eigenvalue weighted by molar-refractivity contribution is -0.0301. The average molecular weight is 359 g/mol. The van der Waals surface area contributed by atoms with E-state index >= 15 is 0 Å². The van der Waals surface area contributed by atoms with Crippen LogP contribution < -0.4 is 4.74 Å². The monoisotopic (exact) mass is 359 g/mol. The lowest BCUT2D eigenvalue weighted by Crippen LogP contribution is -2.32. The molecule has 4 heteroatoms. The third-order valence-electron chi connectivity index (χ3n) is 4.62. The first-order chi connectivity index (χ1) is 13.2. The zero-order valence-electron chi connectivity index (χ0n) is 15.2. The van der Waals surface area contributed by atoms with Crippen molar-refractivity contribution < 1.29 is 14.3 Å². The van der Waals surface area contributed by atoms with E-state index in [9.17, 15) is 4.79 Å². The fraction of sp³-hybridized carbons (Fsp3) is 0.174. The molecule has 0 spiro atoms. The highest BCUT2D eigenvalue weighted by Gasteiger charge is 2.29. The predicted octanol–water partition coefficient (Wildman–Crippen LogP) is 4.88. The minimum Gasteiger partial charge on any atom is -0.453 e. The van der Waals surface area contributed by atoms with Crippen molar-refractivity contribution >= 4 is 6.09 Å². The fourth-order valence-corrected chi connectivity index (χ4v) is 3.27. The van der Waals surface area contributed by atoms with Crippen LogP contribution in [0.25, 0.3) is 11.1 Å². The van der Waals surface area contributed by atoms with Crippen molar-refractivity contribution in [1.82, 2.24) is 4.90 Å². The number of nitrogens with zero attached hydrogens (tertiary/aromatic N) is 1. The van der Waals surface area contributed by atoms with Crippen molar-refractivity contribution in [2.24, 2.45) is 0 Å². The van der Waals surface area contributed by atoms with E-state index in [-0.39, 0.29) is 0 Å². The van der Waals surface area contributed by atoms with Gasteiger partial charge in [0.15, 0.2) is 0 Å². The molecule has 0 fully saturated rings. The molecule has 0 saturated carbocycles. The Kier molecular flexibility index (Phi) is 4.79. The Labute approximate surface area is 159 Å². The maximum absolute atomic E-state index is 12.4. The van der Waals surface area contributed by atoms with Gasteiger partial charge in [-0.05, 0) is 11.1 Å². The molecule has 1 aliphatic rings. The van der Waals surface area contributed by atoms with E-state index in [0.717, 1.165) is 28.0 Å². The molecule has 0 bridgehead atoms.